The van der Waals surface area contributed by atoms with E-state index in [4.69, 9.17) is 0 Å². The number of hydrogen-bond acceptors (Lipinski definition) is 4. The number of aliphatic hydroxyl groups excluding tert-OH is 1. The first kappa shape index (κ1) is 14.3. The molecule has 1 N–H and O–H groups in total. The van der Waals surface area contributed by atoms with Crippen LogP contribution in [0.15, 0.2) is 49.1 Å². The van der Waals surface area contributed by atoms with Gasteiger partial charge in [-0.3, -0.25) is 14.3 Å². The maximum Gasteiger partial charge on any atom is 0.155 e. The molecule has 0 unspecified atom stereocenters. The van der Waals surface area contributed by atoms with Gasteiger partial charge in [0.2, 0.25) is 0 Å². The topological polar surface area (TPSA) is 53.7 Å². The second kappa shape index (κ2) is 5.72. The maximum atomic E-state index is 13.1. The molecular weight excluding hydrogens is 295 g/mol. The Hall–Kier alpha value is -2.31. The largest absolute Gasteiger partial charge is 0.392 e. The van der Waals surface area contributed by atoms with Crippen LogP contribution in [0.3, 0.4) is 0 Å². The number of rotatable bonds is 3. The number of hydrogen-bond donors (Lipinski definition) is 1. The summed E-state index contributed by atoms with van der Waals surface area (Å²) in [5.41, 5.74) is 2.88. The van der Waals surface area contributed by atoms with Gasteiger partial charge in [0.15, 0.2) is 5.65 Å². The number of imidazole rings is 1. The smallest absolute Gasteiger partial charge is 0.155 e. The lowest BCUT2D eigenvalue weighted by Gasteiger charge is -2.24. The zero-order chi connectivity index (χ0) is 15.8. The van der Waals surface area contributed by atoms with E-state index < -0.39 is 0 Å². The van der Waals surface area contributed by atoms with Gasteiger partial charge in [0.1, 0.15) is 5.82 Å². The minimum Gasteiger partial charge on any atom is -0.392 e. The molecule has 1 aliphatic heterocycles. The lowest BCUT2D eigenvalue weighted by Crippen LogP contribution is -2.25. The zero-order valence-electron chi connectivity index (χ0n) is 12.5. The zero-order valence-corrected chi connectivity index (χ0v) is 12.5. The van der Waals surface area contributed by atoms with Crippen molar-refractivity contribution in [2.24, 2.45) is 0 Å². The van der Waals surface area contributed by atoms with E-state index in [1.165, 1.54) is 12.1 Å². The van der Waals surface area contributed by atoms with E-state index in [2.05, 4.69) is 14.9 Å². The Kier molecular flexibility index (Phi) is 3.55. The summed E-state index contributed by atoms with van der Waals surface area (Å²) >= 11 is 0. The number of aliphatic hydroxyl groups is 1. The average molecular weight is 312 g/mol. The van der Waals surface area contributed by atoms with Gasteiger partial charge in [-0.05, 0) is 24.1 Å². The van der Waals surface area contributed by atoms with Crippen molar-refractivity contribution in [2.75, 3.05) is 6.54 Å². The predicted octanol–water partition coefficient (Wildman–Crippen LogP) is 2.18. The fraction of sp³-hybridized carbons (Fsp3) is 0.294. The summed E-state index contributed by atoms with van der Waals surface area (Å²) < 4.78 is 15.1. The standard InChI is InChI=1S/C17H17FN4O/c18-13-3-1-12(2-4-13)16-7-15(23)11-21(16)10-14-8-20-17-9-19-5-6-22(14)17/h1-6,8-9,15-16,23H,7,10-11H2/t15-,16+/m1/s1. The van der Waals surface area contributed by atoms with Crippen molar-refractivity contribution >= 4 is 5.65 Å². The molecule has 4 rings (SSSR count). The molecule has 0 radical (unpaired) electrons. The number of nitrogens with zero attached hydrogens (tertiary/aromatic N) is 4. The van der Waals surface area contributed by atoms with E-state index in [0.29, 0.717) is 19.5 Å². The third-order valence-corrected chi connectivity index (χ3v) is 4.40. The summed E-state index contributed by atoms with van der Waals surface area (Å²) in [7, 11) is 0. The van der Waals surface area contributed by atoms with Gasteiger partial charge in [-0.2, -0.15) is 0 Å². The molecule has 1 saturated heterocycles. The number of likely N-dealkylation sites (tertiary alicyclic amines) is 1. The summed E-state index contributed by atoms with van der Waals surface area (Å²) in [6, 6.07) is 6.61. The van der Waals surface area contributed by atoms with Crippen LogP contribution in [0.2, 0.25) is 0 Å². The van der Waals surface area contributed by atoms with Crippen LogP contribution in [0.4, 0.5) is 4.39 Å². The number of β-amino-alcohol motifs (C(OH)–C–C–N with tert-alkyl or cyclic N) is 1. The molecule has 23 heavy (non-hydrogen) atoms. The maximum absolute atomic E-state index is 13.1. The first-order valence-corrected chi connectivity index (χ1v) is 7.64. The van der Waals surface area contributed by atoms with Gasteiger partial charge in [-0.15, -0.1) is 0 Å². The predicted molar refractivity (Wildman–Crippen MR) is 83.2 cm³/mol. The van der Waals surface area contributed by atoms with E-state index in [1.54, 1.807) is 24.5 Å². The van der Waals surface area contributed by atoms with Crippen molar-refractivity contribution in [3.8, 4) is 0 Å². The third-order valence-electron chi connectivity index (χ3n) is 4.40. The summed E-state index contributed by atoms with van der Waals surface area (Å²) in [4.78, 5) is 10.6. The highest BCUT2D eigenvalue weighted by Gasteiger charge is 2.32. The fourth-order valence-corrected chi connectivity index (χ4v) is 3.31. The minimum atomic E-state index is -0.370. The van der Waals surface area contributed by atoms with Crippen molar-refractivity contribution in [1.29, 1.82) is 0 Å². The third kappa shape index (κ3) is 2.71. The van der Waals surface area contributed by atoms with Crippen LogP contribution in [0, 0.1) is 5.82 Å². The summed E-state index contributed by atoms with van der Waals surface area (Å²) in [6.45, 7) is 1.27. The van der Waals surface area contributed by atoms with Crippen LogP contribution >= 0.6 is 0 Å². The molecule has 3 aromatic rings. The minimum absolute atomic E-state index is 0.0815. The van der Waals surface area contributed by atoms with E-state index in [1.807, 2.05) is 16.8 Å². The van der Waals surface area contributed by atoms with Gasteiger partial charge >= 0.3 is 0 Å². The molecule has 1 aliphatic rings. The van der Waals surface area contributed by atoms with Gasteiger partial charge < -0.3 is 5.11 Å². The van der Waals surface area contributed by atoms with Crippen molar-refractivity contribution in [2.45, 2.75) is 25.1 Å². The highest BCUT2D eigenvalue weighted by atomic mass is 19.1. The molecule has 0 aliphatic carbocycles. The quantitative estimate of drug-likeness (QED) is 0.805. The highest BCUT2D eigenvalue weighted by Crippen LogP contribution is 2.33. The van der Waals surface area contributed by atoms with Crippen molar-refractivity contribution in [1.82, 2.24) is 19.3 Å². The number of fused-ring (bicyclic) bond motifs is 1. The number of aromatic nitrogens is 3. The van der Waals surface area contributed by atoms with Crippen LogP contribution in [0.1, 0.15) is 23.7 Å². The van der Waals surface area contributed by atoms with Crippen LogP contribution in [-0.2, 0) is 6.54 Å². The van der Waals surface area contributed by atoms with Crippen molar-refractivity contribution < 1.29 is 9.50 Å². The molecule has 2 aromatic heterocycles. The first-order chi connectivity index (χ1) is 11.2. The van der Waals surface area contributed by atoms with Gasteiger partial charge in [0.05, 0.1) is 24.2 Å². The summed E-state index contributed by atoms with van der Waals surface area (Å²) in [5, 5.41) is 10.1. The Labute approximate surface area is 133 Å². The Morgan fingerprint density at radius 2 is 2.04 bits per heavy atom. The van der Waals surface area contributed by atoms with Gasteiger partial charge in [-0.25, -0.2) is 9.37 Å². The Morgan fingerprint density at radius 1 is 1.22 bits per heavy atom. The molecule has 118 valence electrons. The molecule has 0 saturated carbocycles. The van der Waals surface area contributed by atoms with Crippen LogP contribution in [-0.4, -0.2) is 37.0 Å². The van der Waals surface area contributed by atoms with Crippen LogP contribution in [0.5, 0.6) is 0 Å². The Balaban J connectivity index is 1.62. The average Bonchev–Trinajstić information content (AvgIpc) is 3.13. The monoisotopic (exact) mass is 312 g/mol. The van der Waals surface area contributed by atoms with E-state index in [-0.39, 0.29) is 18.0 Å². The summed E-state index contributed by atoms with van der Waals surface area (Å²) in [6.07, 6.45) is 7.46. The summed E-state index contributed by atoms with van der Waals surface area (Å²) in [5.74, 6) is -0.242. The molecule has 0 spiro atoms. The molecule has 1 aromatic carbocycles. The van der Waals surface area contributed by atoms with E-state index in [9.17, 15) is 9.50 Å². The van der Waals surface area contributed by atoms with E-state index >= 15 is 0 Å². The Morgan fingerprint density at radius 3 is 2.87 bits per heavy atom. The van der Waals surface area contributed by atoms with Crippen LogP contribution in [0.25, 0.3) is 5.65 Å². The normalized spacial score (nSPS) is 22.0. The number of benzene rings is 1. The second-order valence-corrected chi connectivity index (χ2v) is 5.94. The molecule has 3 heterocycles. The molecule has 2 atom stereocenters. The Bertz CT molecular complexity index is 817. The molecule has 1 fully saturated rings. The molecular formula is C17H17FN4O. The van der Waals surface area contributed by atoms with Crippen LogP contribution < -0.4 is 0 Å². The van der Waals surface area contributed by atoms with Gasteiger partial charge in [0.25, 0.3) is 0 Å². The van der Waals surface area contributed by atoms with Gasteiger partial charge in [-0.1, -0.05) is 12.1 Å². The van der Waals surface area contributed by atoms with Crippen molar-refractivity contribution in [3.05, 3.63) is 66.1 Å². The number of halogens is 1. The first-order valence-electron chi connectivity index (χ1n) is 7.64. The molecule has 6 heteroatoms. The van der Waals surface area contributed by atoms with E-state index in [0.717, 1.165) is 16.9 Å². The highest BCUT2D eigenvalue weighted by molar-refractivity contribution is 5.37. The van der Waals surface area contributed by atoms with Gasteiger partial charge in [0, 0.05) is 31.5 Å². The second-order valence-electron chi connectivity index (χ2n) is 5.94. The molecule has 5 nitrogen and oxygen atoms in total. The molecule has 0 bridgehead atoms. The molecule has 0 amide bonds. The fourth-order valence-electron chi connectivity index (χ4n) is 3.31. The van der Waals surface area contributed by atoms with Crippen molar-refractivity contribution in [3.63, 3.8) is 0 Å². The lowest BCUT2D eigenvalue weighted by atomic mass is 10.0. The lowest BCUT2D eigenvalue weighted by molar-refractivity contribution is 0.172. The SMILES string of the molecule is O[C@@H]1C[C@@H](c2ccc(F)cc2)N(Cc2cnc3cnccn23)C1.